The first kappa shape index (κ1) is 19.8. The first-order valence-corrected chi connectivity index (χ1v) is 10.2. The molecule has 6 nitrogen and oxygen atoms in total. The van der Waals surface area contributed by atoms with E-state index in [0.29, 0.717) is 19.6 Å². The van der Waals surface area contributed by atoms with E-state index in [4.69, 9.17) is 0 Å². The number of rotatable bonds is 7. The molecule has 2 heterocycles. The molecule has 2 fully saturated rings. The molecule has 27 heavy (non-hydrogen) atoms. The third-order valence-electron chi connectivity index (χ3n) is 5.68. The van der Waals surface area contributed by atoms with Gasteiger partial charge in [-0.3, -0.25) is 14.5 Å². The minimum atomic E-state index is -0.394. The van der Waals surface area contributed by atoms with E-state index < -0.39 is 6.04 Å². The maximum absolute atomic E-state index is 12.4. The van der Waals surface area contributed by atoms with Crippen LogP contribution in [0.25, 0.3) is 0 Å². The summed E-state index contributed by atoms with van der Waals surface area (Å²) < 4.78 is 0. The molecule has 0 bridgehead atoms. The second-order valence-corrected chi connectivity index (χ2v) is 7.84. The molecule has 0 aliphatic carbocycles. The zero-order valence-electron chi connectivity index (χ0n) is 16.3. The lowest BCUT2D eigenvalue weighted by Crippen LogP contribution is -2.56. The number of likely N-dealkylation sites (tertiary alicyclic amines) is 1. The van der Waals surface area contributed by atoms with Crippen LogP contribution < -0.4 is 10.6 Å². The van der Waals surface area contributed by atoms with Crippen molar-refractivity contribution in [1.29, 1.82) is 0 Å². The smallest absolute Gasteiger partial charge is 0.237 e. The predicted molar refractivity (Wildman–Crippen MR) is 106 cm³/mol. The van der Waals surface area contributed by atoms with E-state index in [2.05, 4.69) is 39.5 Å². The van der Waals surface area contributed by atoms with Gasteiger partial charge < -0.3 is 15.5 Å². The van der Waals surface area contributed by atoms with Crippen LogP contribution in [0.5, 0.6) is 0 Å². The molecular formula is C21H32N4O2. The number of hydrogen-bond acceptors (Lipinski definition) is 4. The van der Waals surface area contributed by atoms with Gasteiger partial charge in [0, 0.05) is 32.7 Å². The van der Waals surface area contributed by atoms with Crippen molar-refractivity contribution >= 4 is 11.8 Å². The SMILES string of the molecule is CC1CCN(CCNC(=O)C[C@@H]2C(=O)NCCN2Cc2ccccc2)CC1. The summed E-state index contributed by atoms with van der Waals surface area (Å²) in [6.45, 7) is 8.18. The van der Waals surface area contributed by atoms with Gasteiger partial charge in [0.25, 0.3) is 0 Å². The molecular weight excluding hydrogens is 340 g/mol. The van der Waals surface area contributed by atoms with Crippen LogP contribution in [0.4, 0.5) is 0 Å². The molecule has 6 heteroatoms. The number of carbonyl (C=O) groups excluding carboxylic acids is 2. The minimum absolute atomic E-state index is 0.0412. The Bertz CT molecular complexity index is 614. The highest BCUT2D eigenvalue weighted by Crippen LogP contribution is 2.16. The maximum Gasteiger partial charge on any atom is 0.237 e. The highest BCUT2D eigenvalue weighted by molar-refractivity contribution is 5.88. The van der Waals surface area contributed by atoms with Crippen LogP contribution in [0.1, 0.15) is 31.7 Å². The fourth-order valence-electron chi connectivity index (χ4n) is 3.88. The maximum atomic E-state index is 12.4. The fourth-order valence-corrected chi connectivity index (χ4v) is 3.88. The Balaban J connectivity index is 1.46. The minimum Gasteiger partial charge on any atom is -0.355 e. The summed E-state index contributed by atoms with van der Waals surface area (Å²) in [5.41, 5.74) is 1.16. The lowest BCUT2D eigenvalue weighted by atomic mass is 9.99. The predicted octanol–water partition coefficient (Wildman–Crippen LogP) is 1.23. The molecule has 2 saturated heterocycles. The van der Waals surface area contributed by atoms with Crippen LogP contribution in [-0.4, -0.2) is 66.9 Å². The Hall–Kier alpha value is -1.92. The number of piperazine rings is 1. The number of amides is 2. The molecule has 1 atom stereocenters. The van der Waals surface area contributed by atoms with Crippen LogP contribution in [0, 0.1) is 5.92 Å². The molecule has 2 amide bonds. The van der Waals surface area contributed by atoms with Crippen molar-refractivity contribution < 1.29 is 9.59 Å². The van der Waals surface area contributed by atoms with E-state index in [0.717, 1.165) is 37.7 Å². The fraction of sp³-hybridized carbons (Fsp3) is 0.619. The monoisotopic (exact) mass is 372 g/mol. The number of piperidine rings is 1. The van der Waals surface area contributed by atoms with Crippen molar-refractivity contribution in [2.24, 2.45) is 5.92 Å². The van der Waals surface area contributed by atoms with Gasteiger partial charge >= 0.3 is 0 Å². The van der Waals surface area contributed by atoms with Crippen LogP contribution in [-0.2, 0) is 16.1 Å². The standard InChI is InChI=1S/C21H32N4O2/c1-17-7-11-24(12-8-17)13-9-22-20(26)15-19-21(27)23-10-14-25(19)16-18-5-3-2-4-6-18/h2-6,17,19H,7-16H2,1H3,(H,22,26)(H,23,27)/t19-/m1/s1. The number of carbonyl (C=O) groups is 2. The molecule has 0 saturated carbocycles. The van der Waals surface area contributed by atoms with E-state index in [1.807, 2.05) is 18.2 Å². The van der Waals surface area contributed by atoms with Crippen molar-refractivity contribution in [2.45, 2.75) is 38.8 Å². The molecule has 1 aromatic rings. The first-order valence-electron chi connectivity index (χ1n) is 10.2. The Morgan fingerprint density at radius 3 is 2.67 bits per heavy atom. The summed E-state index contributed by atoms with van der Waals surface area (Å²) in [7, 11) is 0. The van der Waals surface area contributed by atoms with Crippen LogP contribution >= 0.6 is 0 Å². The normalized spacial score (nSPS) is 22.4. The average Bonchev–Trinajstić information content (AvgIpc) is 2.67. The quantitative estimate of drug-likeness (QED) is 0.756. The first-order chi connectivity index (χ1) is 13.1. The topological polar surface area (TPSA) is 64.7 Å². The summed E-state index contributed by atoms with van der Waals surface area (Å²) in [5.74, 6) is 0.731. The Kier molecular flexibility index (Phi) is 7.24. The third-order valence-corrected chi connectivity index (χ3v) is 5.68. The highest BCUT2D eigenvalue weighted by Gasteiger charge is 2.31. The van der Waals surface area contributed by atoms with Gasteiger partial charge in [-0.15, -0.1) is 0 Å². The lowest BCUT2D eigenvalue weighted by molar-refractivity contribution is -0.134. The Morgan fingerprint density at radius 1 is 1.19 bits per heavy atom. The van der Waals surface area contributed by atoms with E-state index in [9.17, 15) is 9.59 Å². The summed E-state index contributed by atoms with van der Waals surface area (Å²) >= 11 is 0. The second kappa shape index (κ2) is 9.85. The number of hydrogen-bond donors (Lipinski definition) is 2. The van der Waals surface area contributed by atoms with Crippen molar-refractivity contribution in [3.05, 3.63) is 35.9 Å². The van der Waals surface area contributed by atoms with Crippen molar-refractivity contribution in [3.63, 3.8) is 0 Å². The van der Waals surface area contributed by atoms with E-state index in [-0.39, 0.29) is 18.2 Å². The molecule has 0 aromatic heterocycles. The lowest BCUT2D eigenvalue weighted by Gasteiger charge is -2.34. The molecule has 2 aliphatic rings. The van der Waals surface area contributed by atoms with Gasteiger partial charge in [-0.05, 0) is 37.4 Å². The summed E-state index contributed by atoms with van der Waals surface area (Å²) in [6.07, 6.45) is 2.70. The number of benzene rings is 1. The Morgan fingerprint density at radius 2 is 1.93 bits per heavy atom. The largest absolute Gasteiger partial charge is 0.355 e. The molecule has 2 N–H and O–H groups in total. The van der Waals surface area contributed by atoms with Gasteiger partial charge in [0.1, 0.15) is 0 Å². The van der Waals surface area contributed by atoms with Gasteiger partial charge in [0.2, 0.25) is 11.8 Å². The van der Waals surface area contributed by atoms with Gasteiger partial charge in [-0.2, -0.15) is 0 Å². The van der Waals surface area contributed by atoms with Crippen LogP contribution in [0.15, 0.2) is 30.3 Å². The highest BCUT2D eigenvalue weighted by atomic mass is 16.2. The van der Waals surface area contributed by atoms with Crippen molar-refractivity contribution in [3.8, 4) is 0 Å². The molecule has 0 spiro atoms. The molecule has 148 valence electrons. The average molecular weight is 373 g/mol. The molecule has 1 aromatic carbocycles. The van der Waals surface area contributed by atoms with Gasteiger partial charge in [0.05, 0.1) is 12.5 Å². The summed E-state index contributed by atoms with van der Waals surface area (Å²) in [5, 5.41) is 5.90. The van der Waals surface area contributed by atoms with Crippen molar-refractivity contribution in [2.75, 3.05) is 39.3 Å². The molecule has 2 aliphatic heterocycles. The summed E-state index contributed by atoms with van der Waals surface area (Å²) in [4.78, 5) is 29.3. The zero-order valence-corrected chi connectivity index (χ0v) is 16.3. The molecule has 3 rings (SSSR count). The van der Waals surface area contributed by atoms with Crippen LogP contribution in [0.2, 0.25) is 0 Å². The number of nitrogens with zero attached hydrogens (tertiary/aromatic N) is 2. The molecule has 0 unspecified atom stereocenters. The van der Waals surface area contributed by atoms with Crippen LogP contribution in [0.3, 0.4) is 0 Å². The van der Waals surface area contributed by atoms with Gasteiger partial charge in [-0.1, -0.05) is 37.3 Å². The number of nitrogens with one attached hydrogen (secondary N) is 2. The van der Waals surface area contributed by atoms with Gasteiger partial charge in [-0.25, -0.2) is 0 Å². The molecule has 0 radical (unpaired) electrons. The van der Waals surface area contributed by atoms with Crippen molar-refractivity contribution in [1.82, 2.24) is 20.4 Å². The second-order valence-electron chi connectivity index (χ2n) is 7.84. The summed E-state index contributed by atoms with van der Waals surface area (Å²) in [6, 6.07) is 9.71. The third kappa shape index (κ3) is 6.04. The van der Waals surface area contributed by atoms with E-state index in [1.165, 1.54) is 12.8 Å². The zero-order chi connectivity index (χ0) is 19.1. The van der Waals surface area contributed by atoms with E-state index in [1.54, 1.807) is 0 Å². The van der Waals surface area contributed by atoms with Gasteiger partial charge in [0.15, 0.2) is 0 Å². The Labute approximate surface area is 162 Å². The van der Waals surface area contributed by atoms with E-state index >= 15 is 0 Å².